The molecule has 0 spiro atoms. The fraction of sp³-hybridized carbons (Fsp3) is 1.00. The summed E-state index contributed by atoms with van der Waals surface area (Å²) in [5.74, 6) is 0.802. The van der Waals surface area contributed by atoms with Crippen molar-refractivity contribution in [2.45, 2.75) is 12.8 Å². The molecule has 3 heteroatoms. The molecule has 0 aromatic heterocycles. The molecule has 0 aromatic carbocycles. The Labute approximate surface area is 67.4 Å². The third-order valence-corrected chi connectivity index (χ3v) is 2.86. The molecule has 2 nitrogen and oxygen atoms in total. The molecular weight excluding hydrogens is 150 g/mol. The second-order valence-electron chi connectivity index (χ2n) is 3.38. The standard InChI is InChI=1S/C7H13NO.ClH/c9-5-7-1-2-8-4-6(7)3-7;/h6,8-9H,1-5H2;1H. The topological polar surface area (TPSA) is 32.3 Å². The third kappa shape index (κ3) is 1.04. The lowest BCUT2D eigenvalue weighted by Gasteiger charge is -2.19. The molecule has 2 unspecified atom stereocenters. The van der Waals surface area contributed by atoms with Crippen molar-refractivity contribution < 1.29 is 5.11 Å². The van der Waals surface area contributed by atoms with Crippen molar-refractivity contribution >= 4 is 12.4 Å². The molecule has 0 aromatic rings. The Morgan fingerprint density at radius 2 is 2.40 bits per heavy atom. The number of halogens is 1. The summed E-state index contributed by atoms with van der Waals surface area (Å²) in [7, 11) is 0. The summed E-state index contributed by atoms with van der Waals surface area (Å²) in [4.78, 5) is 0. The van der Waals surface area contributed by atoms with Crippen molar-refractivity contribution in [3.8, 4) is 0 Å². The van der Waals surface area contributed by atoms with E-state index in [2.05, 4.69) is 5.32 Å². The highest BCUT2D eigenvalue weighted by Crippen LogP contribution is 2.55. The molecule has 2 rings (SSSR count). The molecule has 1 heterocycles. The first-order valence-corrected chi connectivity index (χ1v) is 3.69. The van der Waals surface area contributed by atoms with Crippen LogP contribution in [-0.2, 0) is 0 Å². The lowest BCUT2D eigenvalue weighted by Crippen LogP contribution is -2.30. The van der Waals surface area contributed by atoms with Crippen LogP contribution in [0.5, 0.6) is 0 Å². The molecule has 1 aliphatic carbocycles. The minimum absolute atomic E-state index is 0. The molecule has 2 N–H and O–H groups in total. The van der Waals surface area contributed by atoms with Gasteiger partial charge in [0, 0.05) is 6.61 Å². The number of aliphatic hydroxyl groups excluding tert-OH is 1. The maximum Gasteiger partial charge on any atom is 0.0491 e. The van der Waals surface area contributed by atoms with Gasteiger partial charge in [0.25, 0.3) is 0 Å². The van der Waals surface area contributed by atoms with Crippen LogP contribution >= 0.6 is 12.4 Å². The minimum atomic E-state index is 0. The number of hydrogen-bond acceptors (Lipinski definition) is 2. The van der Waals surface area contributed by atoms with Crippen molar-refractivity contribution in [3.63, 3.8) is 0 Å². The van der Waals surface area contributed by atoms with Crippen molar-refractivity contribution in [2.75, 3.05) is 19.7 Å². The van der Waals surface area contributed by atoms with E-state index >= 15 is 0 Å². The van der Waals surface area contributed by atoms with Crippen LogP contribution < -0.4 is 5.32 Å². The van der Waals surface area contributed by atoms with E-state index in [0.29, 0.717) is 12.0 Å². The first-order valence-electron chi connectivity index (χ1n) is 3.69. The van der Waals surface area contributed by atoms with E-state index in [-0.39, 0.29) is 12.4 Å². The zero-order valence-electron chi connectivity index (χ0n) is 5.97. The maximum atomic E-state index is 8.96. The van der Waals surface area contributed by atoms with E-state index < -0.39 is 0 Å². The Morgan fingerprint density at radius 3 is 2.90 bits per heavy atom. The molecule has 10 heavy (non-hydrogen) atoms. The van der Waals surface area contributed by atoms with Crippen LogP contribution in [0.25, 0.3) is 0 Å². The molecule has 0 amide bonds. The van der Waals surface area contributed by atoms with Crippen LogP contribution in [0.4, 0.5) is 0 Å². The quantitative estimate of drug-likeness (QED) is 0.587. The van der Waals surface area contributed by atoms with Crippen LogP contribution in [0.15, 0.2) is 0 Å². The highest BCUT2D eigenvalue weighted by Gasteiger charge is 2.54. The fourth-order valence-corrected chi connectivity index (χ4v) is 1.91. The predicted octanol–water partition coefficient (Wildman–Crippen LogP) is 0.400. The first kappa shape index (κ1) is 8.31. The molecule has 2 atom stereocenters. The third-order valence-electron chi connectivity index (χ3n) is 2.86. The SMILES string of the molecule is Cl.OCC12CCNCC1C2. The van der Waals surface area contributed by atoms with E-state index in [1.165, 1.54) is 12.8 Å². The van der Waals surface area contributed by atoms with Gasteiger partial charge in [-0.3, -0.25) is 0 Å². The summed E-state index contributed by atoms with van der Waals surface area (Å²) in [6.45, 7) is 2.66. The monoisotopic (exact) mass is 163 g/mol. The molecule has 1 aliphatic heterocycles. The Bertz CT molecular complexity index is 131. The van der Waals surface area contributed by atoms with Gasteiger partial charge in [-0.2, -0.15) is 0 Å². The summed E-state index contributed by atoms with van der Waals surface area (Å²) in [6.07, 6.45) is 2.45. The number of aliphatic hydroxyl groups is 1. The molecule has 0 bridgehead atoms. The number of hydrogen-bond donors (Lipinski definition) is 2. The summed E-state index contributed by atoms with van der Waals surface area (Å²) in [5.41, 5.74) is 0.380. The molecular formula is C7H14ClNO. The van der Waals surface area contributed by atoms with Gasteiger partial charge in [0.15, 0.2) is 0 Å². The van der Waals surface area contributed by atoms with Gasteiger partial charge in [-0.15, -0.1) is 12.4 Å². The van der Waals surface area contributed by atoms with Crippen LogP contribution in [0.1, 0.15) is 12.8 Å². The lowest BCUT2D eigenvalue weighted by molar-refractivity contribution is 0.176. The zero-order chi connectivity index (χ0) is 6.32. The Morgan fingerprint density at radius 1 is 1.60 bits per heavy atom. The largest absolute Gasteiger partial charge is 0.396 e. The highest BCUT2D eigenvalue weighted by molar-refractivity contribution is 5.85. The van der Waals surface area contributed by atoms with Crippen LogP contribution in [0.3, 0.4) is 0 Å². The van der Waals surface area contributed by atoms with Gasteiger partial charge in [0.2, 0.25) is 0 Å². The first-order chi connectivity index (χ1) is 4.37. The number of rotatable bonds is 1. The Hall–Kier alpha value is 0.210. The number of nitrogens with one attached hydrogen (secondary N) is 1. The number of piperidine rings is 1. The van der Waals surface area contributed by atoms with Gasteiger partial charge in [0.05, 0.1) is 0 Å². The molecule has 60 valence electrons. The lowest BCUT2D eigenvalue weighted by atomic mass is 9.98. The highest BCUT2D eigenvalue weighted by atomic mass is 35.5. The van der Waals surface area contributed by atoms with Crippen molar-refractivity contribution in [1.82, 2.24) is 5.32 Å². The van der Waals surface area contributed by atoms with E-state index in [1.54, 1.807) is 0 Å². The van der Waals surface area contributed by atoms with E-state index in [9.17, 15) is 0 Å². The van der Waals surface area contributed by atoms with Crippen molar-refractivity contribution in [1.29, 1.82) is 0 Å². The molecule has 2 aliphatic rings. The van der Waals surface area contributed by atoms with Gasteiger partial charge < -0.3 is 10.4 Å². The number of fused-ring (bicyclic) bond motifs is 1. The molecule has 2 fully saturated rings. The van der Waals surface area contributed by atoms with E-state index in [1.807, 2.05) is 0 Å². The van der Waals surface area contributed by atoms with Gasteiger partial charge in [-0.1, -0.05) is 0 Å². The van der Waals surface area contributed by atoms with Gasteiger partial charge in [-0.05, 0) is 37.3 Å². The second-order valence-corrected chi connectivity index (χ2v) is 3.38. The smallest absolute Gasteiger partial charge is 0.0491 e. The average Bonchev–Trinajstić information content (AvgIpc) is 2.62. The average molecular weight is 164 g/mol. The predicted molar refractivity (Wildman–Crippen MR) is 42.4 cm³/mol. The summed E-state index contributed by atoms with van der Waals surface area (Å²) >= 11 is 0. The Kier molecular flexibility index (Phi) is 2.23. The normalized spacial score (nSPS) is 43.5. The molecule has 1 saturated carbocycles. The second kappa shape index (κ2) is 2.68. The van der Waals surface area contributed by atoms with Gasteiger partial charge in [0.1, 0.15) is 0 Å². The maximum absolute atomic E-state index is 8.96. The fourth-order valence-electron chi connectivity index (χ4n) is 1.91. The van der Waals surface area contributed by atoms with Crippen molar-refractivity contribution in [3.05, 3.63) is 0 Å². The summed E-state index contributed by atoms with van der Waals surface area (Å²) in [5, 5.41) is 12.3. The summed E-state index contributed by atoms with van der Waals surface area (Å²) < 4.78 is 0. The minimum Gasteiger partial charge on any atom is -0.396 e. The molecule has 0 radical (unpaired) electrons. The summed E-state index contributed by atoms with van der Waals surface area (Å²) in [6, 6.07) is 0. The zero-order valence-corrected chi connectivity index (χ0v) is 6.78. The van der Waals surface area contributed by atoms with Crippen molar-refractivity contribution in [2.24, 2.45) is 11.3 Å². The van der Waals surface area contributed by atoms with Crippen LogP contribution in [0, 0.1) is 11.3 Å². The Balaban J connectivity index is 0.000000500. The molecule has 1 saturated heterocycles. The van der Waals surface area contributed by atoms with Crippen LogP contribution in [-0.4, -0.2) is 24.8 Å². The van der Waals surface area contributed by atoms with Gasteiger partial charge >= 0.3 is 0 Å². The van der Waals surface area contributed by atoms with Crippen LogP contribution in [0.2, 0.25) is 0 Å². The van der Waals surface area contributed by atoms with Gasteiger partial charge in [-0.25, -0.2) is 0 Å². The van der Waals surface area contributed by atoms with E-state index in [4.69, 9.17) is 5.11 Å². The van der Waals surface area contributed by atoms with E-state index in [0.717, 1.165) is 19.0 Å².